The second-order valence-electron chi connectivity index (χ2n) is 10.8. The number of phenolic OH excluding ortho intramolecular Hbond substituents is 1. The van der Waals surface area contributed by atoms with E-state index in [0.717, 1.165) is 18.4 Å². The summed E-state index contributed by atoms with van der Waals surface area (Å²) in [6, 6.07) is 1.90. The maximum Gasteiger partial charge on any atom is 0.229 e. The van der Waals surface area contributed by atoms with E-state index in [9.17, 15) is 40.9 Å². The molecular weight excluding hydrogens is 504 g/mol. The molecule has 0 bridgehead atoms. The normalized spacial score (nSPS) is 40.4. The highest BCUT2D eigenvalue weighted by Crippen LogP contribution is 2.50. The second kappa shape index (κ2) is 11.9. The van der Waals surface area contributed by atoms with Crippen molar-refractivity contribution in [1.29, 1.82) is 0 Å². The Labute approximate surface area is 221 Å². The van der Waals surface area contributed by atoms with Gasteiger partial charge in [-0.1, -0.05) is 19.9 Å². The van der Waals surface area contributed by atoms with Crippen LogP contribution in [0.1, 0.15) is 55.2 Å². The van der Waals surface area contributed by atoms with Crippen LogP contribution in [0.15, 0.2) is 6.07 Å². The molecule has 2 fully saturated rings. The van der Waals surface area contributed by atoms with Gasteiger partial charge in [0.1, 0.15) is 42.7 Å². The van der Waals surface area contributed by atoms with E-state index in [4.69, 9.17) is 18.9 Å². The molecule has 4 rings (SSSR count). The lowest BCUT2D eigenvalue weighted by Gasteiger charge is -2.42. The Balaban J connectivity index is 1.52. The first-order valence-electron chi connectivity index (χ1n) is 13.1. The van der Waals surface area contributed by atoms with Crippen LogP contribution in [-0.4, -0.2) is 116 Å². The van der Waals surface area contributed by atoms with Gasteiger partial charge in [-0.2, -0.15) is 0 Å². The Morgan fingerprint density at radius 2 is 1.66 bits per heavy atom. The topological polar surface area (TPSA) is 199 Å². The SMILES string of the molecule is Cc1cc2c(c(O)c1O[C@@H]1O[C@H](CO[C@@H]3OC[C@@H](O)[C@H](O)[C@H]3O)[C@@H](O)[C@H](O)[C@H]1O)[C@H](C)CC[C@H]2[C@@H](C)CO. The van der Waals surface area contributed by atoms with Gasteiger partial charge >= 0.3 is 0 Å². The van der Waals surface area contributed by atoms with Gasteiger partial charge in [0.25, 0.3) is 0 Å². The number of aromatic hydroxyl groups is 1. The van der Waals surface area contributed by atoms with Gasteiger partial charge in [0.15, 0.2) is 17.8 Å². The summed E-state index contributed by atoms with van der Waals surface area (Å²) in [5, 5.41) is 82.0. The second-order valence-corrected chi connectivity index (χ2v) is 10.8. The third kappa shape index (κ3) is 5.52. The number of benzene rings is 1. The van der Waals surface area contributed by atoms with Crippen molar-refractivity contribution in [3.05, 3.63) is 22.8 Å². The average Bonchev–Trinajstić information content (AvgIpc) is 2.89. The van der Waals surface area contributed by atoms with E-state index < -0.39 is 61.9 Å². The Kier molecular flexibility index (Phi) is 9.20. The quantitative estimate of drug-likeness (QED) is 0.208. The zero-order valence-electron chi connectivity index (χ0n) is 21.8. The smallest absolute Gasteiger partial charge is 0.229 e. The molecule has 0 saturated carbocycles. The van der Waals surface area contributed by atoms with E-state index in [1.165, 1.54) is 0 Å². The molecule has 1 aromatic rings. The third-order valence-electron chi connectivity index (χ3n) is 8.07. The van der Waals surface area contributed by atoms with Crippen molar-refractivity contribution in [2.75, 3.05) is 19.8 Å². The summed E-state index contributed by atoms with van der Waals surface area (Å²) in [5.74, 6) is 0.0680. The molecule has 12 atom stereocenters. The van der Waals surface area contributed by atoms with Crippen LogP contribution in [-0.2, 0) is 14.2 Å². The van der Waals surface area contributed by atoms with Gasteiger partial charge in [-0.05, 0) is 48.6 Å². The highest BCUT2D eigenvalue weighted by Gasteiger charge is 2.47. The van der Waals surface area contributed by atoms with Crippen molar-refractivity contribution in [2.24, 2.45) is 5.92 Å². The lowest BCUT2D eigenvalue weighted by molar-refractivity contribution is -0.307. The fourth-order valence-electron chi connectivity index (χ4n) is 5.63. The molecule has 1 aliphatic carbocycles. The van der Waals surface area contributed by atoms with Gasteiger partial charge in [-0.3, -0.25) is 0 Å². The molecule has 12 heteroatoms. The standard InChI is InChI=1S/C26H40O12/c1-10-4-5-13(12(3)7-27)14-6-11(2)24(20(31)17(10)14)38-26-23(34)21(32)19(30)16(37-26)9-36-25-22(33)18(29)15(28)8-35-25/h6,10,12-13,15-16,18-19,21-23,25-34H,4-5,7-9H2,1-3H3/t10-,12+,13+,15-,16-,18+,19-,21+,22-,23-,25+,26+/m1/s1. The maximum atomic E-state index is 11.3. The van der Waals surface area contributed by atoms with Crippen LogP contribution in [0.4, 0.5) is 0 Å². The monoisotopic (exact) mass is 544 g/mol. The first-order chi connectivity index (χ1) is 18.0. The predicted molar refractivity (Wildman–Crippen MR) is 131 cm³/mol. The molecule has 3 aliphatic rings. The van der Waals surface area contributed by atoms with Crippen molar-refractivity contribution in [3.63, 3.8) is 0 Å². The Morgan fingerprint density at radius 1 is 0.974 bits per heavy atom. The number of fused-ring (bicyclic) bond motifs is 1. The molecule has 1 aromatic carbocycles. The number of aliphatic hydroxyl groups excluding tert-OH is 7. The van der Waals surface area contributed by atoms with Crippen LogP contribution >= 0.6 is 0 Å². The van der Waals surface area contributed by atoms with Gasteiger partial charge in [0.2, 0.25) is 6.29 Å². The van der Waals surface area contributed by atoms with Gasteiger partial charge in [0.05, 0.1) is 13.2 Å². The third-order valence-corrected chi connectivity index (χ3v) is 8.07. The highest BCUT2D eigenvalue weighted by molar-refractivity contribution is 5.57. The molecule has 2 heterocycles. The molecule has 2 aliphatic heterocycles. The number of ether oxygens (including phenoxy) is 4. The van der Waals surface area contributed by atoms with Crippen LogP contribution < -0.4 is 4.74 Å². The zero-order chi connectivity index (χ0) is 27.9. The zero-order valence-corrected chi connectivity index (χ0v) is 21.8. The first-order valence-corrected chi connectivity index (χ1v) is 13.1. The van der Waals surface area contributed by atoms with E-state index in [0.29, 0.717) is 11.1 Å². The number of rotatable bonds is 7. The molecule has 2 saturated heterocycles. The summed E-state index contributed by atoms with van der Waals surface area (Å²) in [6.07, 6.45) is -11.6. The maximum absolute atomic E-state index is 11.3. The van der Waals surface area contributed by atoms with E-state index >= 15 is 0 Å². The molecule has 0 unspecified atom stereocenters. The van der Waals surface area contributed by atoms with Gasteiger partial charge in [-0.15, -0.1) is 0 Å². The van der Waals surface area contributed by atoms with Crippen molar-refractivity contribution < 1.29 is 59.8 Å². The number of hydrogen-bond donors (Lipinski definition) is 8. The number of aliphatic hydroxyl groups is 7. The summed E-state index contributed by atoms with van der Waals surface area (Å²) >= 11 is 0. The lowest BCUT2D eigenvalue weighted by Crippen LogP contribution is -2.61. The number of hydrogen-bond acceptors (Lipinski definition) is 12. The van der Waals surface area contributed by atoms with Crippen LogP contribution in [0.5, 0.6) is 11.5 Å². The summed E-state index contributed by atoms with van der Waals surface area (Å²) in [7, 11) is 0. The van der Waals surface area contributed by atoms with Crippen LogP contribution in [0.3, 0.4) is 0 Å². The minimum Gasteiger partial charge on any atom is -0.504 e. The number of phenols is 1. The fraction of sp³-hybridized carbons (Fsp3) is 0.769. The number of aryl methyl sites for hydroxylation is 1. The van der Waals surface area contributed by atoms with Crippen molar-refractivity contribution >= 4 is 0 Å². The van der Waals surface area contributed by atoms with Gasteiger partial charge in [-0.25, -0.2) is 0 Å². The van der Waals surface area contributed by atoms with Crippen LogP contribution in [0.2, 0.25) is 0 Å². The molecular formula is C26H40O12. The van der Waals surface area contributed by atoms with E-state index in [1.54, 1.807) is 6.92 Å². The van der Waals surface area contributed by atoms with E-state index in [-0.39, 0.29) is 42.5 Å². The molecule has 12 nitrogen and oxygen atoms in total. The minimum absolute atomic E-state index is 0.00347. The Hall–Kier alpha value is -1.58. The van der Waals surface area contributed by atoms with E-state index in [2.05, 4.69) is 0 Å². The average molecular weight is 545 g/mol. The van der Waals surface area contributed by atoms with Crippen LogP contribution in [0, 0.1) is 12.8 Å². The minimum atomic E-state index is -1.68. The summed E-state index contributed by atoms with van der Waals surface area (Å²) in [5.41, 5.74) is 2.22. The summed E-state index contributed by atoms with van der Waals surface area (Å²) in [4.78, 5) is 0. The Morgan fingerprint density at radius 3 is 2.34 bits per heavy atom. The van der Waals surface area contributed by atoms with Gasteiger partial charge in [0, 0.05) is 12.2 Å². The van der Waals surface area contributed by atoms with Crippen LogP contribution in [0.25, 0.3) is 0 Å². The van der Waals surface area contributed by atoms with Crippen molar-refractivity contribution in [2.45, 2.75) is 101 Å². The highest BCUT2D eigenvalue weighted by atomic mass is 16.7. The molecule has 8 N–H and O–H groups in total. The summed E-state index contributed by atoms with van der Waals surface area (Å²) in [6.45, 7) is 5.01. The molecule has 0 spiro atoms. The molecule has 38 heavy (non-hydrogen) atoms. The molecule has 0 aromatic heterocycles. The fourth-order valence-corrected chi connectivity index (χ4v) is 5.63. The molecule has 216 valence electrons. The molecule has 0 amide bonds. The van der Waals surface area contributed by atoms with E-state index in [1.807, 2.05) is 19.9 Å². The van der Waals surface area contributed by atoms with Crippen molar-refractivity contribution in [1.82, 2.24) is 0 Å². The predicted octanol–water partition coefficient (Wildman–Crippen LogP) is -1.05. The first kappa shape index (κ1) is 29.4. The Bertz CT molecular complexity index is 959. The van der Waals surface area contributed by atoms with Crippen molar-refractivity contribution in [3.8, 4) is 11.5 Å². The summed E-state index contributed by atoms with van der Waals surface area (Å²) < 4.78 is 22.2. The van der Waals surface area contributed by atoms with Gasteiger partial charge < -0.3 is 59.8 Å². The molecule has 0 radical (unpaired) electrons. The lowest BCUT2D eigenvalue weighted by atomic mass is 9.72. The largest absolute Gasteiger partial charge is 0.504 e.